The molecule has 0 radical (unpaired) electrons. The molecule has 0 aromatic heterocycles. The number of urea groups is 1. The molecule has 11 nitrogen and oxygen atoms in total. The number of aromatic hydroxyl groups is 1. The standard InChI is InChI=1S/C36H53N5O6/c1-34(2,3)29(39-33(47)40-36(15-7-6-8-16-36)19-22-13-10-14-23(42)17-22)32(46)41-20-24-26(35(24,4)5)27(41)31(45)38-25(28(43)30(37)44)18-21-11-9-12-21/h10,13-14,17,21,24-27,29,42H,6-9,11-12,15-16,18-20H2,1-5H3,(H2,37,44)(H,38,45)(H2,39,40,47)/t24-,25?,26-,27-,29+/m0/s1. The van der Waals surface area contributed by atoms with Crippen molar-refractivity contribution in [2.45, 2.75) is 122 Å². The number of nitrogens with two attached hydrogens (primary N) is 1. The van der Waals surface area contributed by atoms with Crippen molar-refractivity contribution in [3.05, 3.63) is 29.8 Å². The highest BCUT2D eigenvalue weighted by Gasteiger charge is 2.70. The quantitative estimate of drug-likeness (QED) is 0.229. The Morgan fingerprint density at radius 3 is 2.28 bits per heavy atom. The minimum absolute atomic E-state index is 0.0985. The Labute approximate surface area is 278 Å². The molecule has 1 aliphatic heterocycles. The molecule has 258 valence electrons. The minimum Gasteiger partial charge on any atom is -0.508 e. The summed E-state index contributed by atoms with van der Waals surface area (Å²) in [6.45, 7) is 10.2. The summed E-state index contributed by atoms with van der Waals surface area (Å²) in [7, 11) is 0. The largest absolute Gasteiger partial charge is 0.508 e. The van der Waals surface area contributed by atoms with E-state index in [1.54, 1.807) is 23.1 Å². The predicted molar refractivity (Wildman–Crippen MR) is 177 cm³/mol. The Bertz CT molecular complexity index is 1390. The number of Topliss-reactive ketones (excluding diaryl/α,β-unsaturated/α-hetero) is 1. The zero-order valence-corrected chi connectivity index (χ0v) is 28.6. The van der Waals surface area contributed by atoms with Gasteiger partial charge in [-0.3, -0.25) is 19.2 Å². The maximum atomic E-state index is 14.4. The molecule has 0 spiro atoms. The summed E-state index contributed by atoms with van der Waals surface area (Å²) in [5.74, 6) is -2.30. The van der Waals surface area contributed by atoms with Crippen LogP contribution < -0.4 is 21.7 Å². The van der Waals surface area contributed by atoms with Gasteiger partial charge in [0.1, 0.15) is 17.8 Å². The number of benzene rings is 1. The smallest absolute Gasteiger partial charge is 0.315 e. The van der Waals surface area contributed by atoms with Crippen LogP contribution in [0.4, 0.5) is 4.79 Å². The van der Waals surface area contributed by atoms with Crippen LogP contribution in [0.1, 0.15) is 98.0 Å². The molecule has 5 atom stereocenters. The number of phenols is 1. The molecule has 1 aromatic rings. The average molecular weight is 652 g/mol. The normalized spacial score (nSPS) is 25.8. The third-order valence-electron chi connectivity index (χ3n) is 11.5. The van der Waals surface area contributed by atoms with Gasteiger partial charge in [0.15, 0.2) is 0 Å². The number of phenolic OH excluding ortho intramolecular Hbond substituents is 1. The first-order valence-corrected chi connectivity index (χ1v) is 17.3. The first-order chi connectivity index (χ1) is 22.0. The Balaban J connectivity index is 1.34. The van der Waals surface area contributed by atoms with E-state index >= 15 is 0 Å². The summed E-state index contributed by atoms with van der Waals surface area (Å²) in [5.41, 5.74) is 4.90. The van der Waals surface area contributed by atoms with Gasteiger partial charge in [0, 0.05) is 12.1 Å². The number of hydrogen-bond donors (Lipinski definition) is 5. The number of likely N-dealkylation sites (tertiary alicyclic amines) is 1. The van der Waals surface area contributed by atoms with E-state index in [0.29, 0.717) is 19.4 Å². The zero-order chi connectivity index (χ0) is 34.3. The number of nitrogens with one attached hydrogen (secondary N) is 3. The van der Waals surface area contributed by atoms with Crippen LogP contribution in [0.3, 0.4) is 0 Å². The molecule has 4 aliphatic rings. The van der Waals surface area contributed by atoms with Gasteiger partial charge in [-0.05, 0) is 72.0 Å². The minimum atomic E-state index is -1.08. The summed E-state index contributed by atoms with van der Waals surface area (Å²) in [6.07, 6.45) is 8.38. The van der Waals surface area contributed by atoms with Crippen molar-refractivity contribution < 1.29 is 29.1 Å². The van der Waals surface area contributed by atoms with Crippen LogP contribution in [0.5, 0.6) is 5.75 Å². The molecular formula is C36H53N5O6. The lowest BCUT2D eigenvalue weighted by molar-refractivity contribution is -0.145. The Kier molecular flexibility index (Phi) is 9.68. The van der Waals surface area contributed by atoms with Gasteiger partial charge in [0.2, 0.25) is 17.6 Å². The number of carbonyl (C=O) groups is 5. The SMILES string of the molecule is CC(C)(C)[C@H](NC(=O)NC1(Cc2cccc(O)c2)CCCCC1)C(=O)N1C[C@H]2[C@@H]([C@H]1C(=O)NC(CC1CCC1)C(=O)C(N)=O)C2(C)C. The van der Waals surface area contributed by atoms with Gasteiger partial charge in [-0.1, -0.05) is 85.3 Å². The van der Waals surface area contributed by atoms with Crippen molar-refractivity contribution in [3.63, 3.8) is 0 Å². The number of fused-ring (bicyclic) bond motifs is 1. The first-order valence-electron chi connectivity index (χ1n) is 17.3. The number of primary amides is 1. The van der Waals surface area contributed by atoms with E-state index in [0.717, 1.165) is 56.9 Å². The second kappa shape index (κ2) is 13.1. The fraction of sp³-hybridized carbons (Fsp3) is 0.694. The Morgan fingerprint density at radius 2 is 1.70 bits per heavy atom. The summed E-state index contributed by atoms with van der Waals surface area (Å²) in [5, 5.41) is 19.1. The highest BCUT2D eigenvalue weighted by molar-refractivity contribution is 6.37. The summed E-state index contributed by atoms with van der Waals surface area (Å²) in [6, 6.07) is 3.84. The van der Waals surface area contributed by atoms with E-state index in [9.17, 15) is 29.1 Å². The Morgan fingerprint density at radius 1 is 1.02 bits per heavy atom. The molecule has 1 aromatic carbocycles. The third kappa shape index (κ3) is 7.44. The molecule has 6 N–H and O–H groups in total. The molecule has 47 heavy (non-hydrogen) atoms. The number of hydrogen-bond acceptors (Lipinski definition) is 6. The molecule has 4 fully saturated rings. The van der Waals surface area contributed by atoms with Crippen molar-refractivity contribution >= 4 is 29.5 Å². The maximum Gasteiger partial charge on any atom is 0.315 e. The van der Waals surface area contributed by atoms with Crippen LogP contribution in [-0.4, -0.2) is 69.8 Å². The number of piperidine rings is 1. The summed E-state index contributed by atoms with van der Waals surface area (Å²) in [4.78, 5) is 68.3. The predicted octanol–water partition coefficient (Wildman–Crippen LogP) is 3.56. The fourth-order valence-corrected chi connectivity index (χ4v) is 8.39. The number of rotatable bonds is 11. The fourth-order valence-electron chi connectivity index (χ4n) is 8.39. The first kappa shape index (κ1) is 34.7. The van der Waals surface area contributed by atoms with Crippen molar-refractivity contribution in [3.8, 4) is 5.75 Å². The highest BCUT2D eigenvalue weighted by Crippen LogP contribution is 2.65. The molecule has 3 saturated carbocycles. The van der Waals surface area contributed by atoms with Gasteiger partial charge in [-0.25, -0.2) is 4.79 Å². The molecule has 0 bridgehead atoms. The van der Waals surface area contributed by atoms with E-state index in [-0.39, 0.29) is 34.8 Å². The maximum absolute atomic E-state index is 14.4. The monoisotopic (exact) mass is 651 g/mol. The topological polar surface area (TPSA) is 171 Å². The number of carbonyl (C=O) groups excluding carboxylic acids is 5. The van der Waals surface area contributed by atoms with Gasteiger partial charge in [-0.15, -0.1) is 0 Å². The van der Waals surface area contributed by atoms with Gasteiger partial charge in [0.25, 0.3) is 5.91 Å². The number of amides is 5. The second-order valence-corrected chi connectivity index (χ2v) is 16.3. The summed E-state index contributed by atoms with van der Waals surface area (Å²) < 4.78 is 0. The molecule has 1 unspecified atom stereocenters. The number of nitrogens with zero attached hydrogens (tertiary/aromatic N) is 1. The molecule has 1 heterocycles. The zero-order valence-electron chi connectivity index (χ0n) is 28.6. The molecule has 11 heteroatoms. The lowest BCUT2D eigenvalue weighted by Gasteiger charge is -2.41. The van der Waals surface area contributed by atoms with Crippen molar-refractivity contribution in [2.75, 3.05) is 6.54 Å². The molecule has 5 amide bonds. The molecule has 1 saturated heterocycles. The van der Waals surface area contributed by atoms with Crippen LogP contribution >= 0.6 is 0 Å². The van der Waals surface area contributed by atoms with E-state index in [2.05, 4.69) is 29.8 Å². The average Bonchev–Trinajstić information content (AvgIpc) is 3.28. The van der Waals surface area contributed by atoms with Gasteiger partial charge < -0.3 is 31.7 Å². The van der Waals surface area contributed by atoms with Crippen molar-refractivity contribution in [2.24, 2.45) is 34.3 Å². The molecule has 5 rings (SSSR count). The van der Waals surface area contributed by atoms with Crippen LogP contribution in [0.25, 0.3) is 0 Å². The van der Waals surface area contributed by atoms with E-state index < -0.39 is 52.7 Å². The molecule has 3 aliphatic carbocycles. The lowest BCUT2D eigenvalue weighted by Crippen LogP contribution is -2.63. The summed E-state index contributed by atoms with van der Waals surface area (Å²) >= 11 is 0. The molecular weight excluding hydrogens is 598 g/mol. The van der Waals surface area contributed by atoms with Gasteiger partial charge in [0.05, 0.1) is 6.04 Å². The van der Waals surface area contributed by atoms with Crippen molar-refractivity contribution in [1.82, 2.24) is 20.9 Å². The lowest BCUT2D eigenvalue weighted by atomic mass is 9.77. The second-order valence-electron chi connectivity index (χ2n) is 16.3. The Hall–Kier alpha value is -3.63. The van der Waals surface area contributed by atoms with Gasteiger partial charge >= 0.3 is 6.03 Å². The van der Waals surface area contributed by atoms with Crippen LogP contribution in [0, 0.1) is 28.6 Å². The van der Waals surface area contributed by atoms with Gasteiger partial charge in [-0.2, -0.15) is 0 Å². The highest BCUT2D eigenvalue weighted by atomic mass is 16.3. The third-order valence-corrected chi connectivity index (χ3v) is 11.5. The van der Waals surface area contributed by atoms with E-state index in [4.69, 9.17) is 5.73 Å². The van der Waals surface area contributed by atoms with Crippen LogP contribution in [-0.2, 0) is 25.6 Å². The van der Waals surface area contributed by atoms with Crippen LogP contribution in [0.15, 0.2) is 24.3 Å². The van der Waals surface area contributed by atoms with E-state index in [1.165, 1.54) is 0 Å². The van der Waals surface area contributed by atoms with Crippen LogP contribution in [0.2, 0.25) is 0 Å². The van der Waals surface area contributed by atoms with Crippen molar-refractivity contribution in [1.29, 1.82) is 0 Å². The van der Waals surface area contributed by atoms with E-state index in [1.807, 2.05) is 26.8 Å². The number of ketones is 1.